The van der Waals surface area contributed by atoms with Gasteiger partial charge in [0, 0.05) is 23.0 Å². The zero-order chi connectivity index (χ0) is 26.6. The van der Waals surface area contributed by atoms with Crippen molar-refractivity contribution in [2.45, 2.75) is 44.6 Å². The summed E-state index contributed by atoms with van der Waals surface area (Å²) in [5.74, 6) is 0.611. The Morgan fingerprint density at radius 2 is 1.86 bits per heavy atom. The molecular weight excluding hydrogens is 528 g/mol. The SMILES string of the molecule is CCC(C)CN(CC(=O)N1CCc2sccc2C1COc1ccc(C)cc1)S(=O)(=O)c1ccc(Cl)cc1. The summed E-state index contributed by atoms with van der Waals surface area (Å²) in [4.78, 5) is 16.9. The predicted molar refractivity (Wildman–Crippen MR) is 149 cm³/mol. The molecule has 0 spiro atoms. The average molecular weight is 561 g/mol. The Bertz CT molecular complexity index is 1310. The van der Waals surface area contributed by atoms with E-state index in [1.165, 1.54) is 21.3 Å². The first-order valence-corrected chi connectivity index (χ1v) is 15.2. The van der Waals surface area contributed by atoms with Crippen LogP contribution in [0.4, 0.5) is 0 Å². The van der Waals surface area contributed by atoms with Crippen LogP contribution in [0.5, 0.6) is 5.75 Å². The standard InChI is InChI=1S/C28H33ClN2O4S2/c1-4-20(2)17-30(37(33,34)24-11-7-22(29)8-12-24)18-28(32)31-15-13-27-25(14-16-36-27)26(31)19-35-23-9-5-21(3)6-10-23/h5-12,14,16,20,26H,4,13,15,17-19H2,1-3H3. The number of rotatable bonds is 10. The minimum Gasteiger partial charge on any atom is -0.491 e. The van der Waals surface area contributed by atoms with E-state index in [-0.39, 0.29) is 35.9 Å². The number of thiophene rings is 1. The highest BCUT2D eigenvalue weighted by atomic mass is 35.5. The number of carbonyl (C=O) groups is 1. The Morgan fingerprint density at radius 3 is 2.54 bits per heavy atom. The van der Waals surface area contributed by atoms with Crippen LogP contribution >= 0.6 is 22.9 Å². The highest BCUT2D eigenvalue weighted by Crippen LogP contribution is 2.34. The van der Waals surface area contributed by atoms with Crippen molar-refractivity contribution in [3.63, 3.8) is 0 Å². The van der Waals surface area contributed by atoms with Gasteiger partial charge in [-0.2, -0.15) is 4.31 Å². The normalized spacial score (nSPS) is 16.5. The van der Waals surface area contributed by atoms with Crippen LogP contribution in [0.1, 0.15) is 42.3 Å². The summed E-state index contributed by atoms with van der Waals surface area (Å²) in [6, 6.07) is 15.7. The number of hydrogen-bond donors (Lipinski definition) is 0. The zero-order valence-corrected chi connectivity index (χ0v) is 23.8. The molecule has 4 rings (SSSR count). The minimum atomic E-state index is -3.89. The van der Waals surface area contributed by atoms with E-state index in [4.69, 9.17) is 16.3 Å². The molecule has 1 aliphatic rings. The molecule has 1 aromatic heterocycles. The summed E-state index contributed by atoms with van der Waals surface area (Å²) in [7, 11) is -3.89. The number of benzene rings is 2. The second-order valence-corrected chi connectivity index (χ2v) is 12.9. The van der Waals surface area contributed by atoms with Gasteiger partial charge in [-0.25, -0.2) is 8.42 Å². The second-order valence-electron chi connectivity index (χ2n) is 9.54. The van der Waals surface area contributed by atoms with Gasteiger partial charge in [0.2, 0.25) is 15.9 Å². The lowest BCUT2D eigenvalue weighted by Crippen LogP contribution is -2.48. The van der Waals surface area contributed by atoms with Gasteiger partial charge in [0.05, 0.1) is 17.5 Å². The number of halogens is 1. The molecule has 2 unspecified atom stereocenters. The molecule has 0 saturated carbocycles. The molecular formula is C28H33ClN2O4S2. The average Bonchev–Trinajstić information content (AvgIpc) is 3.37. The van der Waals surface area contributed by atoms with E-state index in [1.807, 2.05) is 56.5 Å². The van der Waals surface area contributed by atoms with Gasteiger partial charge in [0.25, 0.3) is 0 Å². The Kier molecular flexibility index (Phi) is 8.95. The largest absolute Gasteiger partial charge is 0.491 e. The predicted octanol–water partition coefficient (Wildman–Crippen LogP) is 5.95. The number of aryl methyl sites for hydroxylation is 1. The smallest absolute Gasteiger partial charge is 0.243 e. The molecule has 0 radical (unpaired) electrons. The third kappa shape index (κ3) is 6.55. The van der Waals surface area contributed by atoms with Gasteiger partial charge in [-0.1, -0.05) is 49.6 Å². The molecule has 9 heteroatoms. The van der Waals surface area contributed by atoms with E-state index < -0.39 is 10.0 Å². The van der Waals surface area contributed by atoms with E-state index in [9.17, 15) is 13.2 Å². The zero-order valence-electron chi connectivity index (χ0n) is 21.4. The van der Waals surface area contributed by atoms with Crippen molar-refractivity contribution in [2.24, 2.45) is 5.92 Å². The van der Waals surface area contributed by atoms with Gasteiger partial charge in [-0.3, -0.25) is 4.79 Å². The van der Waals surface area contributed by atoms with E-state index in [0.29, 0.717) is 18.2 Å². The van der Waals surface area contributed by atoms with Gasteiger partial charge in [0.15, 0.2) is 0 Å². The van der Waals surface area contributed by atoms with Crippen LogP contribution in [0.3, 0.4) is 0 Å². The molecule has 2 atom stereocenters. The first-order valence-electron chi connectivity index (χ1n) is 12.5. The van der Waals surface area contributed by atoms with Crippen molar-refractivity contribution in [2.75, 3.05) is 26.2 Å². The van der Waals surface area contributed by atoms with Crippen molar-refractivity contribution >= 4 is 38.9 Å². The van der Waals surface area contributed by atoms with Crippen molar-refractivity contribution in [3.05, 3.63) is 81.0 Å². The van der Waals surface area contributed by atoms with Crippen LogP contribution in [0.15, 0.2) is 64.9 Å². The fraction of sp³-hybridized carbons (Fsp3) is 0.393. The number of nitrogens with zero attached hydrogens (tertiary/aromatic N) is 2. The van der Waals surface area contributed by atoms with Crippen LogP contribution in [0, 0.1) is 12.8 Å². The van der Waals surface area contributed by atoms with Crippen LogP contribution in [-0.4, -0.2) is 49.8 Å². The Labute approximate surface area is 228 Å². The Hall–Kier alpha value is -2.39. The summed E-state index contributed by atoms with van der Waals surface area (Å²) in [6.07, 6.45) is 1.55. The third-order valence-corrected chi connectivity index (χ3v) is 9.89. The molecule has 2 heterocycles. The molecule has 1 amide bonds. The second kappa shape index (κ2) is 12.0. The molecule has 0 fully saturated rings. The highest BCUT2D eigenvalue weighted by molar-refractivity contribution is 7.89. The van der Waals surface area contributed by atoms with Crippen LogP contribution in [-0.2, 0) is 21.2 Å². The van der Waals surface area contributed by atoms with E-state index in [2.05, 4.69) is 0 Å². The maximum Gasteiger partial charge on any atom is 0.243 e. The monoisotopic (exact) mass is 560 g/mol. The highest BCUT2D eigenvalue weighted by Gasteiger charge is 2.35. The van der Waals surface area contributed by atoms with Crippen LogP contribution in [0.25, 0.3) is 0 Å². The van der Waals surface area contributed by atoms with Gasteiger partial charge >= 0.3 is 0 Å². The number of amides is 1. The van der Waals surface area contributed by atoms with Gasteiger partial charge < -0.3 is 9.64 Å². The molecule has 0 N–H and O–H groups in total. The maximum absolute atomic E-state index is 13.8. The Balaban J connectivity index is 1.58. The molecule has 3 aromatic rings. The van der Waals surface area contributed by atoms with Gasteiger partial charge in [-0.05, 0) is 72.7 Å². The number of ether oxygens (including phenoxy) is 1. The summed E-state index contributed by atoms with van der Waals surface area (Å²) >= 11 is 7.67. The maximum atomic E-state index is 13.8. The molecule has 1 aliphatic heterocycles. The minimum absolute atomic E-state index is 0.0976. The molecule has 0 bridgehead atoms. The van der Waals surface area contributed by atoms with Gasteiger partial charge in [-0.15, -0.1) is 11.3 Å². The lowest BCUT2D eigenvalue weighted by Gasteiger charge is -2.37. The lowest BCUT2D eigenvalue weighted by molar-refractivity contribution is -0.135. The van der Waals surface area contributed by atoms with Crippen molar-refractivity contribution in [1.29, 1.82) is 0 Å². The summed E-state index contributed by atoms with van der Waals surface area (Å²) in [5, 5.41) is 2.50. The summed E-state index contributed by atoms with van der Waals surface area (Å²) < 4.78 is 34.6. The molecule has 198 valence electrons. The molecule has 0 saturated heterocycles. The third-order valence-electron chi connectivity index (χ3n) is 6.82. The molecule has 37 heavy (non-hydrogen) atoms. The summed E-state index contributed by atoms with van der Waals surface area (Å²) in [6.45, 7) is 6.88. The quantitative estimate of drug-likeness (QED) is 0.307. The first kappa shape index (κ1) is 27.6. The lowest BCUT2D eigenvalue weighted by atomic mass is 10.0. The van der Waals surface area contributed by atoms with E-state index in [1.54, 1.807) is 28.4 Å². The number of sulfonamides is 1. The van der Waals surface area contributed by atoms with E-state index in [0.717, 1.165) is 29.7 Å². The van der Waals surface area contributed by atoms with Gasteiger partial charge in [0.1, 0.15) is 12.4 Å². The molecule has 2 aromatic carbocycles. The number of carbonyl (C=O) groups excluding carboxylic acids is 1. The fourth-order valence-electron chi connectivity index (χ4n) is 4.41. The summed E-state index contributed by atoms with van der Waals surface area (Å²) in [5.41, 5.74) is 2.22. The van der Waals surface area contributed by atoms with Crippen LogP contribution < -0.4 is 4.74 Å². The van der Waals surface area contributed by atoms with Crippen molar-refractivity contribution in [3.8, 4) is 5.75 Å². The Morgan fingerprint density at radius 1 is 1.16 bits per heavy atom. The van der Waals surface area contributed by atoms with Crippen molar-refractivity contribution in [1.82, 2.24) is 9.21 Å². The van der Waals surface area contributed by atoms with Crippen molar-refractivity contribution < 1.29 is 17.9 Å². The molecule has 0 aliphatic carbocycles. The topological polar surface area (TPSA) is 66.9 Å². The molecule has 6 nitrogen and oxygen atoms in total. The fourth-order valence-corrected chi connectivity index (χ4v) is 6.97. The van der Waals surface area contributed by atoms with Crippen LogP contribution in [0.2, 0.25) is 5.02 Å². The number of fused-ring (bicyclic) bond motifs is 1. The number of hydrogen-bond acceptors (Lipinski definition) is 5. The van der Waals surface area contributed by atoms with E-state index >= 15 is 0 Å². The first-order chi connectivity index (χ1) is 17.7.